The highest BCUT2D eigenvalue weighted by atomic mass is 32.1. The number of thiophene rings is 1. The fraction of sp³-hybridized carbons (Fsp3) is 0.294. The largest absolute Gasteiger partial charge is 0.462 e. The number of rotatable bonds is 4. The van der Waals surface area contributed by atoms with Crippen LogP contribution in [0.5, 0.6) is 0 Å². The van der Waals surface area contributed by atoms with Gasteiger partial charge in [0.2, 0.25) is 0 Å². The van der Waals surface area contributed by atoms with E-state index in [9.17, 15) is 9.59 Å². The molecule has 1 rings (SSSR count). The molecule has 0 bridgehead atoms. The van der Waals surface area contributed by atoms with Gasteiger partial charge in [0.05, 0.1) is 4.88 Å². The van der Waals surface area contributed by atoms with E-state index >= 15 is 0 Å². The molecule has 0 aliphatic heterocycles. The quantitative estimate of drug-likeness (QED) is 0.633. The average molecular weight is 316 g/mol. The average Bonchev–Trinajstić information content (AvgIpc) is 2.91. The summed E-state index contributed by atoms with van der Waals surface area (Å²) in [5, 5.41) is 0. The van der Waals surface area contributed by atoms with Gasteiger partial charge in [-0.3, -0.25) is 9.59 Å². The summed E-state index contributed by atoms with van der Waals surface area (Å²) < 4.78 is 10.1. The van der Waals surface area contributed by atoms with Gasteiger partial charge in [-0.15, -0.1) is 11.3 Å². The van der Waals surface area contributed by atoms with Crippen molar-refractivity contribution in [1.82, 2.24) is 0 Å². The maximum Gasteiger partial charge on any atom is 0.303 e. The van der Waals surface area contributed by atoms with Crippen LogP contribution in [0.2, 0.25) is 0 Å². The molecule has 0 fully saturated rings. The van der Waals surface area contributed by atoms with Crippen molar-refractivity contribution in [3.05, 3.63) is 34.0 Å². The Morgan fingerprint density at radius 2 is 2.05 bits per heavy atom. The third kappa shape index (κ3) is 6.78. The number of carbonyl (C=O) groups excluding carboxylic acids is 2. The first-order chi connectivity index (χ1) is 10.5. The number of hydrogen-bond donors (Lipinski definition) is 0. The molecule has 1 aromatic heterocycles. The molecule has 0 N–H and O–H groups in total. The maximum absolute atomic E-state index is 11.1. The van der Waals surface area contributed by atoms with Crippen molar-refractivity contribution in [3.8, 4) is 23.7 Å². The van der Waals surface area contributed by atoms with Crippen molar-refractivity contribution in [2.45, 2.75) is 26.9 Å². The Bertz CT molecular complexity index is 677. The van der Waals surface area contributed by atoms with Crippen LogP contribution in [0.15, 0.2) is 24.3 Å². The normalized spacial score (nSPS) is 10.9. The molecule has 0 aliphatic rings. The third-order valence-corrected chi connectivity index (χ3v) is 3.35. The van der Waals surface area contributed by atoms with Gasteiger partial charge in [-0.05, 0) is 42.9 Å². The van der Waals surface area contributed by atoms with Crippen LogP contribution in [0, 0.1) is 23.7 Å². The minimum absolute atomic E-state index is 0.0105. The molecule has 0 spiro atoms. The van der Waals surface area contributed by atoms with E-state index in [0.717, 1.165) is 9.75 Å². The van der Waals surface area contributed by atoms with Gasteiger partial charge in [0, 0.05) is 18.7 Å². The van der Waals surface area contributed by atoms with Crippen molar-refractivity contribution in [2.75, 3.05) is 6.61 Å². The van der Waals surface area contributed by atoms with Crippen LogP contribution in [0.3, 0.4) is 0 Å². The summed E-state index contributed by atoms with van der Waals surface area (Å²) in [7, 11) is 0. The second-order valence-corrected chi connectivity index (χ2v) is 5.24. The van der Waals surface area contributed by atoms with E-state index < -0.39 is 18.0 Å². The van der Waals surface area contributed by atoms with Crippen LogP contribution < -0.4 is 0 Å². The number of ether oxygens (including phenoxy) is 2. The van der Waals surface area contributed by atoms with Crippen LogP contribution in [0.4, 0.5) is 0 Å². The second-order valence-electron chi connectivity index (χ2n) is 4.12. The van der Waals surface area contributed by atoms with Gasteiger partial charge in [0.1, 0.15) is 6.61 Å². The minimum atomic E-state index is -0.615. The van der Waals surface area contributed by atoms with Gasteiger partial charge >= 0.3 is 11.9 Å². The van der Waals surface area contributed by atoms with E-state index in [1.807, 2.05) is 19.1 Å². The summed E-state index contributed by atoms with van der Waals surface area (Å²) in [4.78, 5) is 23.6. The Hall–Kier alpha value is -2.50. The molecule has 4 nitrogen and oxygen atoms in total. The van der Waals surface area contributed by atoms with Crippen LogP contribution in [0.1, 0.15) is 36.6 Å². The summed E-state index contributed by atoms with van der Waals surface area (Å²) in [6, 6.07) is 3.61. The van der Waals surface area contributed by atoms with Gasteiger partial charge in [-0.2, -0.15) is 0 Å². The second kappa shape index (κ2) is 9.44. The van der Waals surface area contributed by atoms with Gasteiger partial charge in [0.25, 0.3) is 0 Å². The summed E-state index contributed by atoms with van der Waals surface area (Å²) in [5.41, 5.74) is 0. The molecule has 0 amide bonds. The van der Waals surface area contributed by atoms with E-state index in [-0.39, 0.29) is 6.61 Å². The van der Waals surface area contributed by atoms with Gasteiger partial charge in [-0.1, -0.05) is 12.0 Å². The zero-order valence-corrected chi connectivity index (χ0v) is 13.5. The Balaban J connectivity index is 2.82. The van der Waals surface area contributed by atoms with E-state index in [0.29, 0.717) is 0 Å². The molecule has 5 heteroatoms. The first kappa shape index (κ1) is 17.6. The highest BCUT2D eigenvalue weighted by Gasteiger charge is 2.18. The molecule has 22 heavy (non-hydrogen) atoms. The topological polar surface area (TPSA) is 52.6 Å². The fourth-order valence-corrected chi connectivity index (χ4v) is 2.29. The van der Waals surface area contributed by atoms with Gasteiger partial charge in [-0.25, -0.2) is 0 Å². The van der Waals surface area contributed by atoms with Crippen LogP contribution >= 0.6 is 11.3 Å². The Kier molecular flexibility index (Phi) is 7.53. The molecule has 0 saturated heterocycles. The van der Waals surface area contributed by atoms with E-state index in [4.69, 9.17) is 9.47 Å². The van der Waals surface area contributed by atoms with Crippen molar-refractivity contribution in [3.63, 3.8) is 0 Å². The van der Waals surface area contributed by atoms with Crippen LogP contribution in [-0.4, -0.2) is 18.5 Å². The number of carbonyl (C=O) groups is 2. The summed E-state index contributed by atoms with van der Waals surface area (Å²) in [6.07, 6.45) is 2.93. The predicted molar refractivity (Wildman–Crippen MR) is 84.9 cm³/mol. The van der Waals surface area contributed by atoms with Crippen molar-refractivity contribution in [2.24, 2.45) is 0 Å². The molecule has 0 aliphatic carbocycles. The number of esters is 2. The fourth-order valence-electron chi connectivity index (χ4n) is 1.41. The SMILES string of the molecule is C/C=C/C#CC#Cc1ccc(C(COC(C)=O)OC(C)=O)s1. The molecule has 1 unspecified atom stereocenters. The van der Waals surface area contributed by atoms with Crippen LogP contribution in [-0.2, 0) is 19.1 Å². The van der Waals surface area contributed by atoms with E-state index in [1.54, 1.807) is 12.1 Å². The van der Waals surface area contributed by atoms with Gasteiger partial charge < -0.3 is 9.47 Å². The van der Waals surface area contributed by atoms with Gasteiger partial charge in [0.15, 0.2) is 6.10 Å². The zero-order valence-electron chi connectivity index (χ0n) is 12.6. The summed E-state index contributed by atoms with van der Waals surface area (Å²) in [6.45, 7) is 4.49. The molecule has 0 radical (unpaired) electrons. The maximum atomic E-state index is 11.1. The smallest absolute Gasteiger partial charge is 0.303 e. The molecule has 0 saturated carbocycles. The first-order valence-electron chi connectivity index (χ1n) is 6.56. The molecule has 114 valence electrons. The minimum Gasteiger partial charge on any atom is -0.462 e. The Labute approximate surface area is 134 Å². The summed E-state index contributed by atoms with van der Waals surface area (Å²) >= 11 is 1.37. The lowest BCUT2D eigenvalue weighted by Gasteiger charge is -2.14. The number of hydrogen-bond acceptors (Lipinski definition) is 5. The van der Waals surface area contributed by atoms with Crippen molar-refractivity contribution >= 4 is 23.3 Å². The van der Waals surface area contributed by atoms with Crippen molar-refractivity contribution in [1.29, 1.82) is 0 Å². The lowest BCUT2D eigenvalue weighted by Crippen LogP contribution is -2.15. The molecular formula is C17H16O4S. The zero-order chi connectivity index (χ0) is 16.4. The Morgan fingerprint density at radius 1 is 1.27 bits per heavy atom. The van der Waals surface area contributed by atoms with E-state index in [2.05, 4.69) is 23.7 Å². The molecule has 0 aromatic carbocycles. The molecule has 1 atom stereocenters. The lowest BCUT2D eigenvalue weighted by molar-refractivity contribution is -0.156. The Morgan fingerprint density at radius 3 is 2.68 bits per heavy atom. The summed E-state index contributed by atoms with van der Waals surface area (Å²) in [5.74, 6) is 10.3. The highest BCUT2D eigenvalue weighted by molar-refractivity contribution is 7.12. The highest BCUT2D eigenvalue weighted by Crippen LogP contribution is 2.26. The van der Waals surface area contributed by atoms with Crippen molar-refractivity contribution < 1.29 is 19.1 Å². The first-order valence-corrected chi connectivity index (χ1v) is 7.37. The third-order valence-electron chi connectivity index (χ3n) is 2.26. The predicted octanol–water partition coefficient (Wildman–Crippen LogP) is 2.85. The van der Waals surface area contributed by atoms with Crippen LogP contribution in [0.25, 0.3) is 0 Å². The molecule has 1 heterocycles. The monoisotopic (exact) mass is 316 g/mol. The standard InChI is InChI=1S/C17H16O4S/c1-4-5-6-7-8-9-15-10-11-17(22-15)16(21-14(3)19)12-20-13(2)18/h4-5,10-11,16H,12H2,1-3H3/b5-4+. The van der Waals surface area contributed by atoms with E-state index in [1.165, 1.54) is 25.2 Å². The molecular weight excluding hydrogens is 300 g/mol. The molecule has 1 aromatic rings. The lowest BCUT2D eigenvalue weighted by atomic mass is 10.3. The number of allylic oxidation sites excluding steroid dienone is 2.